The molecule has 0 aliphatic carbocycles. The summed E-state index contributed by atoms with van der Waals surface area (Å²) in [6.07, 6.45) is 1.62. The number of para-hydroxylation sites is 1. The summed E-state index contributed by atoms with van der Waals surface area (Å²) in [6, 6.07) is 4.88. The van der Waals surface area contributed by atoms with Crippen molar-refractivity contribution in [3.8, 4) is 0 Å². The normalized spacial score (nSPS) is 13.0. The largest absolute Gasteiger partial charge is 0.319 e. The van der Waals surface area contributed by atoms with E-state index in [2.05, 4.69) is 15.2 Å². The third-order valence-electron chi connectivity index (χ3n) is 3.22. The molecule has 1 atom stereocenters. The zero-order valence-corrected chi connectivity index (χ0v) is 11.8. The molecule has 1 unspecified atom stereocenters. The van der Waals surface area contributed by atoms with Crippen molar-refractivity contribution in [3.05, 3.63) is 42.0 Å². The molecule has 1 aromatic carbocycles. The molecule has 3 rings (SSSR count). The molecule has 0 spiro atoms. The lowest BCUT2D eigenvalue weighted by atomic mass is 10.3. The minimum absolute atomic E-state index is 0.324. The Morgan fingerprint density at radius 1 is 1.40 bits per heavy atom. The van der Waals surface area contributed by atoms with Gasteiger partial charge >= 0.3 is 0 Å². The first kappa shape index (κ1) is 13.1. The summed E-state index contributed by atoms with van der Waals surface area (Å²) in [5.74, 6) is 1.03. The van der Waals surface area contributed by atoms with Gasteiger partial charge in [-0.25, -0.2) is 9.37 Å². The van der Waals surface area contributed by atoms with Gasteiger partial charge in [0.1, 0.15) is 17.7 Å². The van der Waals surface area contributed by atoms with Crippen LogP contribution in [0, 0.1) is 5.82 Å². The van der Waals surface area contributed by atoms with Crippen LogP contribution in [0.3, 0.4) is 0 Å². The van der Waals surface area contributed by atoms with Crippen LogP contribution in [0.2, 0.25) is 0 Å². The van der Waals surface area contributed by atoms with E-state index in [1.54, 1.807) is 12.4 Å². The predicted octanol–water partition coefficient (Wildman–Crippen LogP) is 2.65. The van der Waals surface area contributed by atoms with Gasteiger partial charge in [0.05, 0.1) is 17.4 Å². The fourth-order valence-electron chi connectivity index (χ4n) is 2.19. The second-order valence-corrected chi connectivity index (χ2v) is 5.29. The number of fused-ring (bicyclic) bond motifs is 1. The first-order valence-corrected chi connectivity index (χ1v) is 6.63. The number of alkyl halides is 1. The molecule has 20 heavy (non-hydrogen) atoms. The first-order chi connectivity index (χ1) is 9.58. The molecular formula is C13H13ClFN5. The van der Waals surface area contributed by atoms with Gasteiger partial charge in [-0.1, -0.05) is 6.07 Å². The molecule has 0 radical (unpaired) electrons. The van der Waals surface area contributed by atoms with Crippen molar-refractivity contribution in [2.45, 2.75) is 18.8 Å². The first-order valence-electron chi connectivity index (χ1n) is 6.19. The summed E-state index contributed by atoms with van der Waals surface area (Å²) in [6.45, 7) is 2.26. The molecule has 0 amide bonds. The minimum Gasteiger partial charge on any atom is -0.319 e. The van der Waals surface area contributed by atoms with Crippen molar-refractivity contribution in [2.75, 3.05) is 0 Å². The van der Waals surface area contributed by atoms with Crippen molar-refractivity contribution in [2.24, 2.45) is 7.05 Å². The maximum absolute atomic E-state index is 13.8. The summed E-state index contributed by atoms with van der Waals surface area (Å²) in [7, 11) is 1.86. The summed E-state index contributed by atoms with van der Waals surface area (Å²) in [5.41, 5.74) is 1.03. The van der Waals surface area contributed by atoms with Crippen LogP contribution in [0.1, 0.15) is 23.9 Å². The van der Waals surface area contributed by atoms with Gasteiger partial charge in [-0.2, -0.15) is 0 Å². The highest BCUT2D eigenvalue weighted by atomic mass is 35.5. The predicted molar refractivity (Wildman–Crippen MR) is 74.1 cm³/mol. The molecule has 104 valence electrons. The van der Waals surface area contributed by atoms with Gasteiger partial charge in [0.25, 0.3) is 0 Å². The molecule has 0 aliphatic rings. The number of halogens is 2. The molecule has 0 saturated heterocycles. The van der Waals surface area contributed by atoms with E-state index in [-0.39, 0.29) is 11.2 Å². The molecule has 0 saturated carbocycles. The van der Waals surface area contributed by atoms with Crippen LogP contribution in [0.4, 0.5) is 4.39 Å². The van der Waals surface area contributed by atoms with E-state index in [0.717, 1.165) is 5.82 Å². The van der Waals surface area contributed by atoms with Crippen molar-refractivity contribution in [1.82, 2.24) is 24.3 Å². The Morgan fingerprint density at radius 3 is 2.85 bits per heavy atom. The van der Waals surface area contributed by atoms with Gasteiger partial charge in [-0.3, -0.25) is 0 Å². The number of nitrogens with zero attached hydrogens (tertiary/aromatic N) is 5. The number of aromatic nitrogens is 5. The summed E-state index contributed by atoms with van der Waals surface area (Å²) in [4.78, 5) is 4.32. The molecule has 7 heteroatoms. The molecule has 0 bridgehead atoms. The van der Waals surface area contributed by atoms with Crippen molar-refractivity contribution < 1.29 is 4.39 Å². The van der Waals surface area contributed by atoms with E-state index in [9.17, 15) is 4.39 Å². The third-order valence-corrected chi connectivity index (χ3v) is 3.41. The molecule has 5 nitrogen and oxygen atoms in total. The summed E-state index contributed by atoms with van der Waals surface area (Å²) < 4.78 is 17.5. The van der Waals surface area contributed by atoms with Crippen molar-refractivity contribution in [1.29, 1.82) is 0 Å². The second kappa shape index (κ2) is 4.86. The average molecular weight is 294 g/mol. The Labute approximate surface area is 120 Å². The van der Waals surface area contributed by atoms with E-state index in [1.165, 1.54) is 6.07 Å². The highest BCUT2D eigenvalue weighted by Gasteiger charge is 2.18. The van der Waals surface area contributed by atoms with Crippen LogP contribution in [0.15, 0.2) is 24.5 Å². The lowest BCUT2D eigenvalue weighted by Gasteiger charge is -2.09. The zero-order valence-electron chi connectivity index (χ0n) is 11.1. The number of hydrogen-bond donors (Lipinski definition) is 0. The number of aryl methyl sites for hydroxylation is 1. The van der Waals surface area contributed by atoms with Gasteiger partial charge in [0.2, 0.25) is 0 Å². The Balaban J connectivity index is 2.19. The van der Waals surface area contributed by atoms with Crippen LogP contribution >= 0.6 is 11.6 Å². The standard InChI is InChI=1S/C13H13ClFN5/c1-8(14)13-17-12-9(15)4-3-5-10(12)20(13)6-11-18-16-7-19(11)2/h3-5,7-8H,6H2,1-2H3. The zero-order chi connectivity index (χ0) is 14.3. The van der Waals surface area contributed by atoms with E-state index in [4.69, 9.17) is 11.6 Å². The van der Waals surface area contributed by atoms with E-state index in [0.29, 0.717) is 23.4 Å². The van der Waals surface area contributed by atoms with Gasteiger partial charge in [-0.15, -0.1) is 21.8 Å². The molecule has 2 aromatic heterocycles. The van der Waals surface area contributed by atoms with Crippen LogP contribution in [-0.4, -0.2) is 24.3 Å². The minimum atomic E-state index is -0.349. The number of benzene rings is 1. The molecular weight excluding hydrogens is 281 g/mol. The average Bonchev–Trinajstić information content (AvgIpc) is 2.96. The Kier molecular flexibility index (Phi) is 3.17. The Morgan fingerprint density at radius 2 is 2.20 bits per heavy atom. The van der Waals surface area contributed by atoms with E-state index >= 15 is 0 Å². The lowest BCUT2D eigenvalue weighted by Crippen LogP contribution is -2.09. The number of rotatable bonds is 3. The van der Waals surface area contributed by atoms with Crippen molar-refractivity contribution >= 4 is 22.6 Å². The topological polar surface area (TPSA) is 48.5 Å². The smallest absolute Gasteiger partial charge is 0.152 e. The summed E-state index contributed by atoms with van der Waals surface area (Å²) >= 11 is 6.16. The number of imidazole rings is 1. The van der Waals surface area contributed by atoms with Gasteiger partial charge in [0.15, 0.2) is 11.6 Å². The lowest BCUT2D eigenvalue weighted by molar-refractivity contribution is 0.637. The molecule has 0 N–H and O–H groups in total. The summed E-state index contributed by atoms with van der Waals surface area (Å²) in [5, 5.41) is 7.57. The molecule has 2 heterocycles. The van der Waals surface area contributed by atoms with Crippen LogP contribution in [0.25, 0.3) is 11.0 Å². The van der Waals surface area contributed by atoms with Crippen LogP contribution < -0.4 is 0 Å². The fraction of sp³-hybridized carbons (Fsp3) is 0.308. The van der Waals surface area contributed by atoms with Crippen molar-refractivity contribution in [3.63, 3.8) is 0 Å². The Bertz CT molecular complexity index is 761. The second-order valence-electron chi connectivity index (χ2n) is 4.64. The quantitative estimate of drug-likeness (QED) is 0.698. The van der Waals surface area contributed by atoms with Gasteiger partial charge in [-0.05, 0) is 19.1 Å². The monoisotopic (exact) mass is 293 g/mol. The van der Waals surface area contributed by atoms with Gasteiger partial charge < -0.3 is 9.13 Å². The molecule has 3 aromatic rings. The van der Waals surface area contributed by atoms with Gasteiger partial charge in [0, 0.05) is 7.05 Å². The van der Waals surface area contributed by atoms with E-state index in [1.807, 2.05) is 29.2 Å². The highest BCUT2D eigenvalue weighted by Crippen LogP contribution is 2.26. The van der Waals surface area contributed by atoms with E-state index < -0.39 is 0 Å². The SMILES string of the molecule is CC(Cl)c1nc2c(F)cccc2n1Cc1nncn1C. The number of hydrogen-bond acceptors (Lipinski definition) is 3. The fourth-order valence-corrected chi connectivity index (χ4v) is 2.36. The maximum Gasteiger partial charge on any atom is 0.152 e. The Hall–Kier alpha value is -1.95. The van der Waals surface area contributed by atoms with Crippen LogP contribution in [-0.2, 0) is 13.6 Å². The third kappa shape index (κ3) is 2.06. The molecule has 0 fully saturated rings. The highest BCUT2D eigenvalue weighted by molar-refractivity contribution is 6.20. The maximum atomic E-state index is 13.8. The van der Waals surface area contributed by atoms with Crippen LogP contribution in [0.5, 0.6) is 0 Å². The molecule has 0 aliphatic heterocycles.